The summed E-state index contributed by atoms with van der Waals surface area (Å²) >= 11 is 0. The molecule has 0 aliphatic carbocycles. The highest BCUT2D eigenvalue weighted by Crippen LogP contribution is 2.33. The molecule has 1 aromatic carbocycles. The molecule has 0 fully saturated rings. The van der Waals surface area contributed by atoms with Crippen LogP contribution in [-0.4, -0.2) is 27.2 Å². The summed E-state index contributed by atoms with van der Waals surface area (Å²) in [6.45, 7) is 1.74. The number of carbonyl (C=O) groups excluding carboxylic acids is 1. The van der Waals surface area contributed by atoms with Crippen LogP contribution in [0.4, 0.5) is 18.9 Å². The number of rotatable bonds is 4. The van der Waals surface area contributed by atoms with Crippen LogP contribution >= 0.6 is 0 Å². The van der Waals surface area contributed by atoms with Crippen molar-refractivity contribution in [2.24, 2.45) is 0 Å². The number of aromatic nitrogens is 2. The molecule has 0 saturated heterocycles. The lowest BCUT2D eigenvalue weighted by Crippen LogP contribution is -2.26. The first-order valence-corrected chi connectivity index (χ1v) is 6.44. The van der Waals surface area contributed by atoms with Crippen molar-refractivity contribution in [1.29, 1.82) is 0 Å². The van der Waals surface area contributed by atoms with Crippen LogP contribution in [-0.2, 0) is 6.18 Å². The second kappa shape index (κ2) is 6.07. The molecule has 23 heavy (non-hydrogen) atoms. The summed E-state index contributed by atoms with van der Waals surface area (Å²) < 4.78 is 40.4. The third-order valence-electron chi connectivity index (χ3n) is 2.92. The predicted molar refractivity (Wildman–Crippen MR) is 73.2 cm³/mol. The van der Waals surface area contributed by atoms with Gasteiger partial charge in [0.25, 0.3) is 11.6 Å². The van der Waals surface area contributed by atoms with Gasteiger partial charge >= 0.3 is 6.18 Å². The molecule has 0 bridgehead atoms. The van der Waals surface area contributed by atoms with Crippen molar-refractivity contribution in [1.82, 2.24) is 15.1 Å². The first-order valence-electron chi connectivity index (χ1n) is 6.44. The molecule has 0 unspecified atom stereocenters. The molecular weight excluding hydrogens is 317 g/mol. The Bertz CT molecular complexity index is 738. The van der Waals surface area contributed by atoms with Gasteiger partial charge in [0.2, 0.25) is 0 Å². The molecule has 1 heterocycles. The van der Waals surface area contributed by atoms with E-state index < -0.39 is 28.3 Å². The van der Waals surface area contributed by atoms with Crippen molar-refractivity contribution in [3.8, 4) is 5.69 Å². The number of amides is 1. The first kappa shape index (κ1) is 16.5. The number of nitrogens with one attached hydrogen (secondary N) is 1. The van der Waals surface area contributed by atoms with Crippen molar-refractivity contribution in [2.75, 3.05) is 6.54 Å². The van der Waals surface area contributed by atoms with Crippen LogP contribution in [0.1, 0.15) is 23.0 Å². The third kappa shape index (κ3) is 3.30. The molecule has 0 spiro atoms. The lowest BCUT2D eigenvalue weighted by Gasteiger charge is -2.12. The van der Waals surface area contributed by atoms with E-state index >= 15 is 0 Å². The highest BCUT2D eigenvalue weighted by molar-refractivity contribution is 5.95. The smallest absolute Gasteiger partial charge is 0.352 e. The Morgan fingerprint density at radius 3 is 2.43 bits per heavy atom. The Labute approximate surface area is 127 Å². The van der Waals surface area contributed by atoms with E-state index in [-0.39, 0.29) is 17.9 Å². The van der Waals surface area contributed by atoms with Gasteiger partial charge in [-0.2, -0.15) is 18.3 Å². The van der Waals surface area contributed by atoms with Gasteiger partial charge in [-0.3, -0.25) is 14.9 Å². The number of nitrogens with zero attached hydrogens (tertiary/aromatic N) is 3. The zero-order chi connectivity index (χ0) is 17.2. The minimum atomic E-state index is -4.82. The molecule has 2 aromatic rings. The number of hydrogen-bond acceptors (Lipinski definition) is 4. The molecule has 0 radical (unpaired) electrons. The van der Waals surface area contributed by atoms with Crippen molar-refractivity contribution >= 4 is 11.6 Å². The molecule has 1 amide bonds. The van der Waals surface area contributed by atoms with E-state index in [0.29, 0.717) is 4.68 Å². The van der Waals surface area contributed by atoms with Crippen molar-refractivity contribution < 1.29 is 22.9 Å². The van der Waals surface area contributed by atoms with Crippen LogP contribution in [0.25, 0.3) is 5.69 Å². The molecule has 10 heteroatoms. The van der Waals surface area contributed by atoms with E-state index in [1.807, 2.05) is 0 Å². The minimum absolute atomic E-state index is 0.0431. The Morgan fingerprint density at radius 2 is 1.96 bits per heavy atom. The van der Waals surface area contributed by atoms with Gasteiger partial charge < -0.3 is 5.32 Å². The third-order valence-corrected chi connectivity index (χ3v) is 2.92. The largest absolute Gasteiger partial charge is 0.434 e. The summed E-state index contributed by atoms with van der Waals surface area (Å²) in [6, 6.07) is 4.37. The normalized spacial score (nSPS) is 11.3. The van der Waals surface area contributed by atoms with Gasteiger partial charge in [0.15, 0.2) is 5.69 Å². The van der Waals surface area contributed by atoms with Crippen LogP contribution in [0.3, 0.4) is 0 Å². The molecule has 0 aliphatic heterocycles. The van der Waals surface area contributed by atoms with E-state index in [1.165, 1.54) is 0 Å². The number of halogens is 3. The average molecular weight is 328 g/mol. The fourth-order valence-electron chi connectivity index (χ4n) is 1.95. The molecule has 0 aliphatic rings. The Balaban J connectivity index is 2.54. The summed E-state index contributed by atoms with van der Waals surface area (Å²) in [4.78, 5) is 21.7. The quantitative estimate of drug-likeness (QED) is 0.690. The summed E-state index contributed by atoms with van der Waals surface area (Å²) in [6.07, 6.45) is -4.01. The van der Waals surface area contributed by atoms with Crippen LogP contribution < -0.4 is 5.32 Å². The Hall–Kier alpha value is -2.91. The van der Waals surface area contributed by atoms with Crippen LogP contribution in [0.2, 0.25) is 0 Å². The summed E-state index contributed by atoms with van der Waals surface area (Å²) in [5.41, 5.74) is -2.16. The molecule has 2 rings (SSSR count). The maximum absolute atomic E-state index is 13.3. The number of nitro groups is 1. The number of alkyl halides is 3. The van der Waals surface area contributed by atoms with E-state index in [2.05, 4.69) is 10.4 Å². The summed E-state index contributed by atoms with van der Waals surface area (Å²) in [5, 5.41) is 16.5. The lowest BCUT2D eigenvalue weighted by molar-refractivity contribution is -0.384. The number of hydrogen-bond donors (Lipinski definition) is 1. The number of non-ortho nitro benzene ring substituents is 1. The minimum Gasteiger partial charge on any atom is -0.352 e. The summed E-state index contributed by atoms with van der Waals surface area (Å²) in [5.74, 6) is -0.895. The Kier molecular flexibility index (Phi) is 4.34. The van der Waals surface area contributed by atoms with Crippen LogP contribution in [0.5, 0.6) is 0 Å². The second-order valence-electron chi connectivity index (χ2n) is 4.45. The standard InChI is InChI=1S/C13H11F3N4O3/c1-2-17-12(21)10-7-18-19(11(10)13(14,15)16)8-3-5-9(6-4-8)20(22)23/h3-7H,2H2,1H3,(H,17,21). The van der Waals surface area contributed by atoms with Gasteiger partial charge in [-0.1, -0.05) is 0 Å². The number of benzene rings is 1. The average Bonchev–Trinajstić information content (AvgIpc) is 2.92. The van der Waals surface area contributed by atoms with Gasteiger partial charge in [-0.25, -0.2) is 4.68 Å². The maximum Gasteiger partial charge on any atom is 0.434 e. The highest BCUT2D eigenvalue weighted by Gasteiger charge is 2.40. The van der Waals surface area contributed by atoms with Gasteiger partial charge in [0.05, 0.1) is 22.4 Å². The molecule has 0 saturated carbocycles. The zero-order valence-corrected chi connectivity index (χ0v) is 11.8. The van der Waals surface area contributed by atoms with Gasteiger partial charge in [-0.15, -0.1) is 0 Å². The van der Waals surface area contributed by atoms with Gasteiger partial charge in [0.1, 0.15) is 0 Å². The molecular formula is C13H11F3N4O3. The van der Waals surface area contributed by atoms with Crippen molar-refractivity contribution in [3.63, 3.8) is 0 Å². The van der Waals surface area contributed by atoms with Crippen LogP contribution in [0.15, 0.2) is 30.5 Å². The molecule has 122 valence electrons. The molecule has 0 atom stereocenters. The van der Waals surface area contributed by atoms with Crippen LogP contribution in [0, 0.1) is 10.1 Å². The van der Waals surface area contributed by atoms with Gasteiger partial charge in [0, 0.05) is 18.7 Å². The van der Waals surface area contributed by atoms with E-state index in [9.17, 15) is 28.1 Å². The van der Waals surface area contributed by atoms with E-state index in [4.69, 9.17) is 0 Å². The summed E-state index contributed by atoms with van der Waals surface area (Å²) in [7, 11) is 0. The SMILES string of the molecule is CCNC(=O)c1cnn(-c2ccc([N+](=O)[O-])cc2)c1C(F)(F)F. The zero-order valence-electron chi connectivity index (χ0n) is 11.8. The number of carbonyl (C=O) groups is 1. The molecule has 7 nitrogen and oxygen atoms in total. The van der Waals surface area contributed by atoms with E-state index in [1.54, 1.807) is 6.92 Å². The topological polar surface area (TPSA) is 90.1 Å². The Morgan fingerprint density at radius 1 is 1.35 bits per heavy atom. The molecule has 1 aromatic heterocycles. The predicted octanol–water partition coefficient (Wildman–Crippen LogP) is 2.55. The van der Waals surface area contributed by atoms with E-state index in [0.717, 1.165) is 30.5 Å². The maximum atomic E-state index is 13.3. The fraction of sp³-hybridized carbons (Fsp3) is 0.231. The molecule has 1 N–H and O–H groups in total. The highest BCUT2D eigenvalue weighted by atomic mass is 19.4. The fourth-order valence-corrected chi connectivity index (χ4v) is 1.95. The van der Waals surface area contributed by atoms with Gasteiger partial charge in [-0.05, 0) is 19.1 Å². The van der Waals surface area contributed by atoms with Crippen molar-refractivity contribution in [3.05, 3.63) is 51.8 Å². The number of nitro benzene ring substituents is 1. The first-order chi connectivity index (χ1) is 10.8. The lowest BCUT2D eigenvalue weighted by atomic mass is 10.2. The van der Waals surface area contributed by atoms with Crippen molar-refractivity contribution in [2.45, 2.75) is 13.1 Å². The monoisotopic (exact) mass is 328 g/mol. The second-order valence-corrected chi connectivity index (χ2v) is 4.45.